The maximum Gasteiger partial charge on any atom is 0.0181 e. The lowest BCUT2D eigenvalue weighted by molar-refractivity contribution is 0.358. The molecule has 1 saturated carbocycles. The summed E-state index contributed by atoms with van der Waals surface area (Å²) in [7, 11) is -0.965. The Morgan fingerprint density at radius 2 is 1.76 bits per heavy atom. The van der Waals surface area contributed by atoms with Gasteiger partial charge in [0.2, 0.25) is 0 Å². The molecule has 132 valence electrons. The minimum Gasteiger partial charge on any atom is -0.184 e. The SMILES string of the molecule is C1=CCC(S2(c3ccccc3)C=C(CC3CCCCC3)C=CC2)C=C1. The third-order valence-electron chi connectivity index (χ3n) is 5.98. The van der Waals surface area contributed by atoms with Gasteiger partial charge in [-0.05, 0) is 46.8 Å². The molecule has 1 heterocycles. The Labute approximate surface area is 154 Å². The summed E-state index contributed by atoms with van der Waals surface area (Å²) in [5.41, 5.74) is 1.61. The molecule has 1 heteroatoms. The fourth-order valence-electron chi connectivity index (χ4n) is 4.65. The normalized spacial score (nSPS) is 32.2. The number of hydrogen-bond acceptors (Lipinski definition) is 0. The van der Waals surface area contributed by atoms with Gasteiger partial charge in [0.15, 0.2) is 0 Å². The van der Waals surface area contributed by atoms with Gasteiger partial charge >= 0.3 is 0 Å². The van der Waals surface area contributed by atoms with Gasteiger partial charge in [-0.25, -0.2) is 0 Å². The first-order valence-electron chi connectivity index (χ1n) is 9.92. The van der Waals surface area contributed by atoms with Crippen LogP contribution in [0.25, 0.3) is 0 Å². The van der Waals surface area contributed by atoms with Crippen molar-refractivity contribution in [3.8, 4) is 0 Å². The van der Waals surface area contributed by atoms with Crippen LogP contribution in [0.3, 0.4) is 0 Å². The Morgan fingerprint density at radius 3 is 2.52 bits per heavy atom. The van der Waals surface area contributed by atoms with Crippen molar-refractivity contribution in [2.45, 2.75) is 55.1 Å². The summed E-state index contributed by atoms with van der Waals surface area (Å²) >= 11 is 0. The van der Waals surface area contributed by atoms with Crippen molar-refractivity contribution >= 4 is 10.0 Å². The van der Waals surface area contributed by atoms with E-state index in [4.69, 9.17) is 0 Å². The maximum atomic E-state index is 2.73. The van der Waals surface area contributed by atoms with Crippen molar-refractivity contribution in [2.24, 2.45) is 5.92 Å². The summed E-state index contributed by atoms with van der Waals surface area (Å²) < 4.78 is 0. The van der Waals surface area contributed by atoms with Crippen LogP contribution in [0.5, 0.6) is 0 Å². The number of allylic oxidation sites excluding steroid dienone is 5. The average Bonchev–Trinajstić information content (AvgIpc) is 2.70. The van der Waals surface area contributed by atoms with Gasteiger partial charge in [-0.3, -0.25) is 0 Å². The number of rotatable bonds is 4. The second-order valence-corrected chi connectivity index (χ2v) is 11.1. The highest BCUT2D eigenvalue weighted by Gasteiger charge is 2.33. The van der Waals surface area contributed by atoms with Crippen LogP contribution in [0.1, 0.15) is 44.9 Å². The van der Waals surface area contributed by atoms with Gasteiger partial charge in [-0.2, -0.15) is 10.0 Å². The van der Waals surface area contributed by atoms with Crippen molar-refractivity contribution in [3.05, 3.63) is 77.8 Å². The van der Waals surface area contributed by atoms with Crippen LogP contribution < -0.4 is 0 Å². The van der Waals surface area contributed by atoms with Gasteiger partial charge < -0.3 is 0 Å². The Balaban J connectivity index is 1.66. The molecular weight excluding hydrogens is 320 g/mol. The topological polar surface area (TPSA) is 0 Å². The Hall–Kier alpha value is -1.47. The molecule has 0 spiro atoms. The Bertz CT molecular complexity index is 688. The van der Waals surface area contributed by atoms with Crippen molar-refractivity contribution in [3.63, 3.8) is 0 Å². The smallest absolute Gasteiger partial charge is 0.0181 e. The minimum absolute atomic E-state index is 0.645. The molecule has 25 heavy (non-hydrogen) atoms. The lowest BCUT2D eigenvalue weighted by Crippen LogP contribution is -2.20. The molecule has 2 aliphatic carbocycles. The van der Waals surface area contributed by atoms with E-state index in [2.05, 4.69) is 72.2 Å². The summed E-state index contributed by atoms with van der Waals surface area (Å²) in [6.45, 7) is 0. The summed E-state index contributed by atoms with van der Waals surface area (Å²) in [5.74, 6) is 2.12. The van der Waals surface area contributed by atoms with Crippen molar-refractivity contribution < 1.29 is 0 Å². The third-order valence-corrected chi connectivity index (χ3v) is 10.0. The lowest BCUT2D eigenvalue weighted by Gasteiger charge is -2.45. The predicted molar refractivity (Wildman–Crippen MR) is 112 cm³/mol. The summed E-state index contributed by atoms with van der Waals surface area (Å²) in [6.07, 6.45) is 23.9. The summed E-state index contributed by atoms with van der Waals surface area (Å²) in [6, 6.07) is 11.3. The molecule has 0 radical (unpaired) electrons. The van der Waals surface area contributed by atoms with E-state index in [1.807, 2.05) is 0 Å². The molecule has 0 N–H and O–H groups in total. The molecule has 0 bridgehead atoms. The van der Waals surface area contributed by atoms with Gasteiger partial charge in [0.05, 0.1) is 0 Å². The third kappa shape index (κ3) is 3.72. The Morgan fingerprint density at radius 1 is 0.920 bits per heavy atom. The van der Waals surface area contributed by atoms with Crippen molar-refractivity contribution in [1.82, 2.24) is 0 Å². The molecule has 1 aliphatic heterocycles. The molecule has 2 atom stereocenters. The molecule has 1 aromatic rings. The van der Waals surface area contributed by atoms with Crippen LogP contribution in [0, 0.1) is 5.92 Å². The highest BCUT2D eigenvalue weighted by molar-refractivity contribution is 8.36. The van der Waals surface area contributed by atoms with Gasteiger partial charge in [0, 0.05) is 11.0 Å². The van der Waals surface area contributed by atoms with Gasteiger partial charge in [-0.15, -0.1) is 0 Å². The zero-order valence-electron chi connectivity index (χ0n) is 15.1. The second kappa shape index (κ2) is 7.83. The van der Waals surface area contributed by atoms with E-state index in [0.717, 1.165) is 5.92 Å². The quantitative estimate of drug-likeness (QED) is 0.540. The number of benzene rings is 1. The van der Waals surface area contributed by atoms with Crippen molar-refractivity contribution in [2.75, 3.05) is 5.75 Å². The average molecular weight is 351 g/mol. The van der Waals surface area contributed by atoms with Gasteiger partial charge in [-0.1, -0.05) is 86.8 Å². The molecule has 1 fully saturated rings. The molecule has 3 aliphatic rings. The van der Waals surface area contributed by atoms with Crippen LogP contribution in [-0.4, -0.2) is 11.0 Å². The van der Waals surface area contributed by atoms with Crippen LogP contribution >= 0.6 is 10.0 Å². The van der Waals surface area contributed by atoms with E-state index < -0.39 is 10.0 Å². The largest absolute Gasteiger partial charge is 0.184 e. The predicted octanol–water partition coefficient (Wildman–Crippen LogP) is 7.16. The minimum atomic E-state index is -0.965. The molecule has 4 rings (SSSR count). The zero-order valence-corrected chi connectivity index (χ0v) is 16.0. The summed E-state index contributed by atoms with van der Waals surface area (Å²) in [4.78, 5) is 1.56. The fourth-order valence-corrected chi connectivity index (χ4v) is 8.47. The van der Waals surface area contributed by atoms with Crippen LogP contribution in [-0.2, 0) is 0 Å². The van der Waals surface area contributed by atoms with E-state index in [-0.39, 0.29) is 0 Å². The first-order valence-corrected chi connectivity index (χ1v) is 11.9. The van der Waals surface area contributed by atoms with Gasteiger partial charge in [0.25, 0.3) is 0 Å². The highest BCUT2D eigenvalue weighted by atomic mass is 32.3. The van der Waals surface area contributed by atoms with E-state index in [0.29, 0.717) is 5.25 Å². The monoisotopic (exact) mass is 350 g/mol. The van der Waals surface area contributed by atoms with E-state index >= 15 is 0 Å². The molecule has 0 amide bonds. The summed E-state index contributed by atoms with van der Waals surface area (Å²) in [5, 5.41) is 3.37. The van der Waals surface area contributed by atoms with E-state index in [1.165, 1.54) is 50.7 Å². The van der Waals surface area contributed by atoms with Crippen molar-refractivity contribution in [1.29, 1.82) is 0 Å². The van der Waals surface area contributed by atoms with Crippen LogP contribution in [0.2, 0.25) is 0 Å². The first-order chi connectivity index (χ1) is 12.4. The molecular formula is C24H30S. The van der Waals surface area contributed by atoms with Crippen LogP contribution in [0.4, 0.5) is 0 Å². The molecule has 1 aromatic carbocycles. The maximum absolute atomic E-state index is 2.73. The fraction of sp³-hybridized carbons (Fsp3) is 0.417. The molecule has 0 saturated heterocycles. The van der Waals surface area contributed by atoms with Gasteiger partial charge in [0.1, 0.15) is 0 Å². The van der Waals surface area contributed by atoms with E-state index in [1.54, 1.807) is 10.5 Å². The molecule has 0 nitrogen and oxygen atoms in total. The first kappa shape index (κ1) is 17.0. The number of hydrogen-bond donors (Lipinski definition) is 0. The molecule has 2 unspecified atom stereocenters. The highest BCUT2D eigenvalue weighted by Crippen LogP contribution is 2.64. The molecule has 0 aromatic heterocycles. The van der Waals surface area contributed by atoms with E-state index in [9.17, 15) is 0 Å². The second-order valence-electron chi connectivity index (χ2n) is 7.72. The van der Waals surface area contributed by atoms with Crippen LogP contribution in [0.15, 0.2) is 82.7 Å². The lowest BCUT2D eigenvalue weighted by atomic mass is 9.85. The standard InChI is InChI=1S/C24H30S/c1-4-11-21(12-5-1)19-22-13-10-18-25(20-22,23-14-6-2-7-15-23)24-16-8-3-9-17-24/h2-3,6-10,13-16,20-21,24H,1,4-5,11-12,17-19H2. The zero-order chi connectivity index (χ0) is 17.0. The Kier molecular flexibility index (Phi) is 5.31.